The molecule has 0 spiro atoms. The first-order valence-corrected chi connectivity index (χ1v) is 7.16. The first-order chi connectivity index (χ1) is 10.0. The van der Waals surface area contributed by atoms with E-state index in [-0.39, 0.29) is 11.0 Å². The molecule has 0 fully saturated rings. The van der Waals surface area contributed by atoms with Crippen LogP contribution >= 0.6 is 11.8 Å². The Morgan fingerprint density at radius 2 is 2.24 bits per heavy atom. The van der Waals surface area contributed by atoms with E-state index in [1.165, 1.54) is 17.8 Å². The molecule has 1 atom stereocenters. The number of furan rings is 1. The van der Waals surface area contributed by atoms with E-state index in [0.717, 1.165) is 16.2 Å². The summed E-state index contributed by atoms with van der Waals surface area (Å²) in [6, 6.07) is 8.60. The van der Waals surface area contributed by atoms with E-state index in [9.17, 15) is 4.79 Å². The minimum absolute atomic E-state index is 0.0593. The van der Waals surface area contributed by atoms with Gasteiger partial charge in [-0.1, -0.05) is 11.8 Å². The lowest BCUT2D eigenvalue weighted by Crippen LogP contribution is -1.92. The van der Waals surface area contributed by atoms with Crippen molar-refractivity contribution in [1.29, 1.82) is 0 Å². The van der Waals surface area contributed by atoms with E-state index in [1.54, 1.807) is 12.1 Å². The van der Waals surface area contributed by atoms with E-state index in [4.69, 9.17) is 15.3 Å². The summed E-state index contributed by atoms with van der Waals surface area (Å²) in [5, 5.41) is 9.53. The van der Waals surface area contributed by atoms with Gasteiger partial charge in [0.15, 0.2) is 5.16 Å². The fourth-order valence-electron chi connectivity index (χ4n) is 1.97. The summed E-state index contributed by atoms with van der Waals surface area (Å²) >= 11 is 1.46. The van der Waals surface area contributed by atoms with Crippen LogP contribution in [0.4, 0.5) is 5.69 Å². The average molecular weight is 303 g/mol. The molecule has 0 aliphatic carbocycles. The molecule has 3 rings (SSSR count). The van der Waals surface area contributed by atoms with Crippen molar-refractivity contribution in [2.24, 2.45) is 0 Å². The third kappa shape index (κ3) is 2.73. The van der Waals surface area contributed by atoms with Gasteiger partial charge in [-0.2, -0.15) is 0 Å². The number of nitrogens with zero attached hydrogens (tertiary/aromatic N) is 1. The number of hydrogen-bond donors (Lipinski definition) is 3. The van der Waals surface area contributed by atoms with Gasteiger partial charge in [-0.3, -0.25) is 0 Å². The number of thioether (sulfide) groups is 1. The molecule has 0 aliphatic rings. The highest BCUT2D eigenvalue weighted by molar-refractivity contribution is 7.99. The molecule has 0 amide bonds. The van der Waals surface area contributed by atoms with Crippen LogP contribution in [0.3, 0.4) is 0 Å². The van der Waals surface area contributed by atoms with Gasteiger partial charge in [0.25, 0.3) is 0 Å². The van der Waals surface area contributed by atoms with Crippen LogP contribution < -0.4 is 5.73 Å². The molecule has 6 nitrogen and oxygen atoms in total. The number of nitrogen functional groups attached to an aromatic ring is 1. The van der Waals surface area contributed by atoms with Crippen LogP contribution in [0.2, 0.25) is 0 Å². The Bertz CT molecular complexity index is 809. The number of H-pyrrole nitrogens is 1. The van der Waals surface area contributed by atoms with Crippen molar-refractivity contribution in [3.05, 3.63) is 41.9 Å². The van der Waals surface area contributed by atoms with Gasteiger partial charge < -0.3 is 20.2 Å². The van der Waals surface area contributed by atoms with E-state index < -0.39 is 5.97 Å². The minimum atomic E-state index is -1.07. The second kappa shape index (κ2) is 5.17. The van der Waals surface area contributed by atoms with Gasteiger partial charge in [-0.25, -0.2) is 9.78 Å². The lowest BCUT2D eigenvalue weighted by atomic mass is 10.3. The van der Waals surface area contributed by atoms with Crippen molar-refractivity contribution in [2.45, 2.75) is 17.3 Å². The number of imidazole rings is 1. The average Bonchev–Trinajstić information content (AvgIpc) is 3.03. The third-order valence-corrected chi connectivity index (χ3v) is 4.01. The summed E-state index contributed by atoms with van der Waals surface area (Å²) < 4.78 is 5.29. The molecule has 2 aromatic heterocycles. The van der Waals surface area contributed by atoms with Crippen molar-refractivity contribution < 1.29 is 14.3 Å². The zero-order valence-corrected chi connectivity index (χ0v) is 12.0. The topological polar surface area (TPSA) is 105 Å². The number of aromatic amines is 1. The maximum Gasteiger partial charge on any atom is 0.371 e. The van der Waals surface area contributed by atoms with Crippen LogP contribution in [-0.2, 0) is 0 Å². The molecule has 2 heterocycles. The van der Waals surface area contributed by atoms with Gasteiger partial charge in [-0.15, -0.1) is 0 Å². The Morgan fingerprint density at radius 1 is 1.43 bits per heavy atom. The number of nitrogens with one attached hydrogen (secondary N) is 1. The molecule has 1 unspecified atom stereocenters. The Labute approximate surface area is 124 Å². The molecule has 0 saturated heterocycles. The SMILES string of the molecule is CC(Sc1nc2ccc(N)cc2[nH]1)c1ccc(C(=O)O)o1. The Balaban J connectivity index is 1.81. The second-order valence-corrected chi connectivity index (χ2v) is 5.92. The molecule has 108 valence electrons. The van der Waals surface area contributed by atoms with Crippen molar-refractivity contribution in [2.75, 3.05) is 5.73 Å². The summed E-state index contributed by atoms with van der Waals surface area (Å²) in [7, 11) is 0. The Hall–Kier alpha value is -2.41. The number of anilines is 1. The maximum absolute atomic E-state index is 10.8. The first kappa shape index (κ1) is 13.6. The van der Waals surface area contributed by atoms with E-state index in [1.807, 2.05) is 19.1 Å². The van der Waals surface area contributed by atoms with Crippen LogP contribution in [0.15, 0.2) is 39.9 Å². The van der Waals surface area contributed by atoms with Crippen molar-refractivity contribution in [3.63, 3.8) is 0 Å². The molecular weight excluding hydrogens is 290 g/mol. The van der Waals surface area contributed by atoms with Crippen LogP contribution in [0.25, 0.3) is 11.0 Å². The predicted octanol–water partition coefficient (Wildman–Crippen LogP) is 3.29. The van der Waals surface area contributed by atoms with Crippen molar-refractivity contribution >= 4 is 34.5 Å². The Morgan fingerprint density at radius 3 is 2.95 bits per heavy atom. The lowest BCUT2D eigenvalue weighted by Gasteiger charge is -2.04. The fourth-order valence-corrected chi connectivity index (χ4v) is 2.87. The number of carboxylic acid groups (broad SMARTS) is 1. The monoisotopic (exact) mass is 303 g/mol. The number of hydrogen-bond acceptors (Lipinski definition) is 5. The predicted molar refractivity (Wildman–Crippen MR) is 80.4 cm³/mol. The van der Waals surface area contributed by atoms with Gasteiger partial charge in [0.2, 0.25) is 5.76 Å². The van der Waals surface area contributed by atoms with Crippen molar-refractivity contribution in [1.82, 2.24) is 9.97 Å². The maximum atomic E-state index is 10.8. The molecule has 3 aromatic rings. The first-order valence-electron chi connectivity index (χ1n) is 6.28. The van der Waals surface area contributed by atoms with Crippen LogP contribution in [0.5, 0.6) is 0 Å². The number of carbonyl (C=O) groups is 1. The molecule has 0 saturated carbocycles. The largest absolute Gasteiger partial charge is 0.475 e. The summed E-state index contributed by atoms with van der Waals surface area (Å²) in [6.45, 7) is 1.93. The number of aromatic nitrogens is 2. The summed E-state index contributed by atoms with van der Waals surface area (Å²) in [5.74, 6) is -0.537. The van der Waals surface area contributed by atoms with Gasteiger partial charge in [0.1, 0.15) is 5.76 Å². The molecule has 1 aromatic carbocycles. The number of carboxylic acids is 1. The highest BCUT2D eigenvalue weighted by atomic mass is 32.2. The summed E-state index contributed by atoms with van der Waals surface area (Å²) in [5.41, 5.74) is 8.11. The fraction of sp³-hybridized carbons (Fsp3) is 0.143. The van der Waals surface area contributed by atoms with E-state index in [2.05, 4.69) is 9.97 Å². The van der Waals surface area contributed by atoms with Gasteiger partial charge in [-0.05, 0) is 37.3 Å². The normalized spacial score (nSPS) is 12.6. The van der Waals surface area contributed by atoms with Gasteiger partial charge in [0, 0.05) is 5.69 Å². The second-order valence-electron chi connectivity index (χ2n) is 4.59. The van der Waals surface area contributed by atoms with E-state index in [0.29, 0.717) is 11.4 Å². The number of benzene rings is 1. The van der Waals surface area contributed by atoms with Gasteiger partial charge >= 0.3 is 5.97 Å². The third-order valence-electron chi connectivity index (χ3n) is 3.01. The number of rotatable bonds is 4. The minimum Gasteiger partial charge on any atom is -0.475 e. The Kier molecular flexibility index (Phi) is 3.34. The number of aromatic carboxylic acids is 1. The van der Waals surface area contributed by atoms with Gasteiger partial charge in [0.05, 0.1) is 16.3 Å². The number of fused-ring (bicyclic) bond motifs is 1. The molecule has 0 radical (unpaired) electrons. The summed E-state index contributed by atoms with van der Waals surface area (Å²) in [6.07, 6.45) is 0. The molecular formula is C14H13N3O3S. The number of nitrogens with two attached hydrogens (primary N) is 1. The molecule has 0 aliphatic heterocycles. The zero-order chi connectivity index (χ0) is 15.0. The lowest BCUT2D eigenvalue weighted by molar-refractivity contribution is 0.0660. The van der Waals surface area contributed by atoms with Crippen molar-refractivity contribution in [3.8, 4) is 0 Å². The standard InChI is InChI=1S/C14H13N3O3S/c1-7(11-4-5-12(20-11)13(18)19)21-14-16-9-3-2-8(15)6-10(9)17-14/h2-7H,15H2,1H3,(H,16,17)(H,18,19). The highest BCUT2D eigenvalue weighted by Gasteiger charge is 2.16. The highest BCUT2D eigenvalue weighted by Crippen LogP contribution is 2.35. The molecule has 4 N–H and O–H groups in total. The van der Waals surface area contributed by atoms with Crippen LogP contribution in [0.1, 0.15) is 28.5 Å². The van der Waals surface area contributed by atoms with Crippen LogP contribution in [0, 0.1) is 0 Å². The quantitative estimate of drug-likeness (QED) is 0.504. The summed E-state index contributed by atoms with van der Waals surface area (Å²) in [4.78, 5) is 18.4. The molecule has 7 heteroatoms. The molecule has 21 heavy (non-hydrogen) atoms. The van der Waals surface area contributed by atoms with E-state index >= 15 is 0 Å². The smallest absolute Gasteiger partial charge is 0.371 e. The van der Waals surface area contributed by atoms with Crippen LogP contribution in [-0.4, -0.2) is 21.0 Å². The molecule has 0 bridgehead atoms. The zero-order valence-electron chi connectivity index (χ0n) is 11.2.